The third-order valence-corrected chi connectivity index (χ3v) is 4.58. The number of benzene rings is 1. The van der Waals surface area contributed by atoms with Crippen LogP contribution in [0.4, 0.5) is 14.5 Å². The summed E-state index contributed by atoms with van der Waals surface area (Å²) >= 11 is 0. The topological polar surface area (TPSA) is 50.4 Å². The predicted octanol–water partition coefficient (Wildman–Crippen LogP) is 3.96. The summed E-state index contributed by atoms with van der Waals surface area (Å²) in [4.78, 5) is 4.13. The average molecular weight is 421 g/mol. The molecule has 0 unspecified atom stereocenters. The molecular weight excluding hydrogens is 399 g/mol. The van der Waals surface area contributed by atoms with E-state index < -0.39 is 11.8 Å². The minimum absolute atomic E-state index is 0. The van der Waals surface area contributed by atoms with Crippen LogP contribution in [0, 0.1) is 5.41 Å². The van der Waals surface area contributed by atoms with Crippen LogP contribution in [0.15, 0.2) is 23.2 Å². The fraction of sp³-hybridized carbons (Fsp3) is 0.562. The summed E-state index contributed by atoms with van der Waals surface area (Å²) in [6.45, 7) is 0.110. The van der Waals surface area contributed by atoms with Crippen LogP contribution in [-0.4, -0.2) is 18.9 Å². The Morgan fingerprint density at radius 3 is 2.68 bits per heavy atom. The highest BCUT2D eigenvalue weighted by molar-refractivity contribution is 14.0. The molecule has 1 aromatic carbocycles. The van der Waals surface area contributed by atoms with Crippen molar-refractivity contribution in [1.29, 1.82) is 0 Å². The van der Waals surface area contributed by atoms with E-state index in [2.05, 4.69) is 16.4 Å². The second kappa shape index (κ2) is 7.10. The fourth-order valence-electron chi connectivity index (χ4n) is 2.92. The van der Waals surface area contributed by atoms with Gasteiger partial charge in [0.1, 0.15) is 0 Å². The number of nitrogens with zero attached hydrogens (tertiary/aromatic N) is 1. The van der Waals surface area contributed by atoms with Gasteiger partial charge in [-0.2, -0.15) is 0 Å². The number of nitrogens with two attached hydrogens (primary N) is 1. The first-order chi connectivity index (χ1) is 10.1. The maximum atomic E-state index is 12.8. The van der Waals surface area contributed by atoms with Gasteiger partial charge in [0.05, 0.1) is 12.0 Å². The summed E-state index contributed by atoms with van der Waals surface area (Å²) in [7, 11) is 0. The quantitative estimate of drug-likeness (QED) is 0.440. The lowest BCUT2D eigenvalue weighted by atomic mass is 9.90. The molecule has 2 aliphatic rings. The summed E-state index contributed by atoms with van der Waals surface area (Å²) in [5.41, 5.74) is 8.56. The van der Waals surface area contributed by atoms with Gasteiger partial charge in [0.15, 0.2) is 5.96 Å². The number of aliphatic imine (C=N–C) groups is 1. The van der Waals surface area contributed by atoms with Crippen molar-refractivity contribution in [3.05, 3.63) is 29.3 Å². The second-order valence-electron chi connectivity index (χ2n) is 6.14. The Kier molecular flexibility index (Phi) is 5.63. The molecule has 1 fully saturated rings. The zero-order chi connectivity index (χ0) is 14.9. The lowest BCUT2D eigenvalue weighted by Gasteiger charge is -2.20. The molecule has 0 radical (unpaired) electrons. The standard InChI is InChI=1S/C16H21F2N3.HI/c17-14(18)16(8-9-16)10-20-15(19)21-13-7-3-5-11-4-1-2-6-12(11)13;/h3,5,7,14H,1-2,4,6,8-10H2,(H3,19,20,21);1H. The maximum Gasteiger partial charge on any atom is 0.245 e. The van der Waals surface area contributed by atoms with Crippen molar-refractivity contribution in [2.45, 2.75) is 45.0 Å². The fourth-order valence-corrected chi connectivity index (χ4v) is 2.92. The summed E-state index contributed by atoms with van der Waals surface area (Å²) in [6, 6.07) is 6.12. The number of nitrogens with one attached hydrogen (secondary N) is 1. The lowest BCUT2D eigenvalue weighted by molar-refractivity contribution is 0.0667. The van der Waals surface area contributed by atoms with Crippen LogP contribution in [0.5, 0.6) is 0 Å². The van der Waals surface area contributed by atoms with Crippen LogP contribution < -0.4 is 11.1 Å². The largest absolute Gasteiger partial charge is 0.370 e. The number of anilines is 1. The van der Waals surface area contributed by atoms with Crippen LogP contribution in [0.3, 0.4) is 0 Å². The maximum absolute atomic E-state index is 12.8. The van der Waals surface area contributed by atoms with Crippen molar-refractivity contribution in [2.75, 3.05) is 11.9 Å². The minimum atomic E-state index is -2.31. The summed E-state index contributed by atoms with van der Waals surface area (Å²) in [5, 5.41) is 3.09. The normalized spacial score (nSPS) is 19.3. The highest BCUT2D eigenvalue weighted by Crippen LogP contribution is 2.50. The van der Waals surface area contributed by atoms with E-state index in [9.17, 15) is 8.78 Å². The molecule has 22 heavy (non-hydrogen) atoms. The van der Waals surface area contributed by atoms with Gasteiger partial charge in [0.25, 0.3) is 0 Å². The number of halogens is 3. The Morgan fingerprint density at radius 2 is 2.00 bits per heavy atom. The number of aryl methyl sites for hydroxylation is 1. The van der Waals surface area contributed by atoms with Crippen LogP contribution >= 0.6 is 24.0 Å². The van der Waals surface area contributed by atoms with Crippen molar-refractivity contribution in [3.8, 4) is 0 Å². The van der Waals surface area contributed by atoms with E-state index in [1.54, 1.807) is 0 Å². The van der Waals surface area contributed by atoms with Crippen LogP contribution in [-0.2, 0) is 12.8 Å². The van der Waals surface area contributed by atoms with E-state index in [0.29, 0.717) is 12.8 Å². The Labute approximate surface area is 146 Å². The molecule has 0 atom stereocenters. The van der Waals surface area contributed by atoms with Gasteiger partial charge >= 0.3 is 0 Å². The van der Waals surface area contributed by atoms with Gasteiger partial charge in [0.2, 0.25) is 6.43 Å². The molecule has 3 N–H and O–H groups in total. The average Bonchev–Trinajstić information content (AvgIpc) is 3.27. The molecule has 0 saturated heterocycles. The molecule has 0 amide bonds. The Bertz CT molecular complexity index is 556. The SMILES string of the molecule is I.NC(=NCC1(C(F)F)CC1)Nc1cccc2c1CCCC2. The number of hydrogen-bond acceptors (Lipinski definition) is 1. The molecule has 0 heterocycles. The van der Waals surface area contributed by atoms with Gasteiger partial charge in [-0.3, -0.25) is 4.99 Å². The van der Waals surface area contributed by atoms with E-state index >= 15 is 0 Å². The van der Waals surface area contributed by atoms with E-state index in [0.717, 1.165) is 18.5 Å². The van der Waals surface area contributed by atoms with Gasteiger partial charge in [-0.15, -0.1) is 24.0 Å². The third-order valence-electron chi connectivity index (χ3n) is 4.58. The third kappa shape index (κ3) is 3.70. The molecule has 0 aliphatic heterocycles. The molecule has 0 bridgehead atoms. The van der Waals surface area contributed by atoms with E-state index in [1.165, 1.54) is 24.0 Å². The minimum Gasteiger partial charge on any atom is -0.370 e. The van der Waals surface area contributed by atoms with E-state index in [1.807, 2.05) is 12.1 Å². The summed E-state index contributed by atoms with van der Waals surface area (Å²) in [5.74, 6) is 0.237. The Balaban J connectivity index is 0.00000176. The first-order valence-electron chi connectivity index (χ1n) is 7.57. The summed E-state index contributed by atoms with van der Waals surface area (Å²) < 4.78 is 25.7. The van der Waals surface area contributed by atoms with Gasteiger partial charge in [0, 0.05) is 5.69 Å². The predicted molar refractivity (Wildman–Crippen MR) is 96.3 cm³/mol. The van der Waals surface area contributed by atoms with E-state index in [-0.39, 0.29) is 36.5 Å². The second-order valence-corrected chi connectivity index (χ2v) is 6.14. The van der Waals surface area contributed by atoms with Crippen LogP contribution in [0.1, 0.15) is 36.8 Å². The molecule has 1 saturated carbocycles. The van der Waals surface area contributed by atoms with Gasteiger partial charge in [-0.05, 0) is 55.7 Å². The Hall–Kier alpha value is -0.920. The van der Waals surface area contributed by atoms with Gasteiger partial charge < -0.3 is 11.1 Å². The first kappa shape index (κ1) is 17.4. The van der Waals surface area contributed by atoms with Gasteiger partial charge in [-0.1, -0.05) is 12.1 Å². The molecule has 0 spiro atoms. The highest BCUT2D eigenvalue weighted by atomic mass is 127. The molecule has 2 aliphatic carbocycles. The lowest BCUT2D eigenvalue weighted by Crippen LogP contribution is -2.26. The molecule has 122 valence electrons. The Morgan fingerprint density at radius 1 is 1.27 bits per heavy atom. The van der Waals surface area contributed by atoms with Crippen LogP contribution in [0.25, 0.3) is 0 Å². The molecule has 3 nitrogen and oxygen atoms in total. The van der Waals surface area contributed by atoms with E-state index in [4.69, 9.17) is 5.73 Å². The molecule has 3 rings (SSSR count). The number of rotatable bonds is 4. The zero-order valence-electron chi connectivity index (χ0n) is 12.4. The van der Waals surface area contributed by atoms with Crippen molar-refractivity contribution in [2.24, 2.45) is 16.1 Å². The van der Waals surface area contributed by atoms with Crippen molar-refractivity contribution < 1.29 is 8.78 Å². The van der Waals surface area contributed by atoms with Crippen molar-refractivity contribution in [1.82, 2.24) is 0 Å². The number of hydrogen-bond donors (Lipinski definition) is 2. The first-order valence-corrected chi connectivity index (χ1v) is 7.57. The smallest absolute Gasteiger partial charge is 0.245 e. The molecule has 1 aromatic rings. The van der Waals surface area contributed by atoms with Crippen LogP contribution in [0.2, 0.25) is 0 Å². The summed E-state index contributed by atoms with van der Waals surface area (Å²) in [6.07, 6.45) is 3.31. The number of fused-ring (bicyclic) bond motifs is 1. The molecule has 0 aromatic heterocycles. The zero-order valence-corrected chi connectivity index (χ0v) is 14.8. The monoisotopic (exact) mass is 421 g/mol. The number of guanidine groups is 1. The number of alkyl halides is 2. The molecule has 6 heteroatoms. The van der Waals surface area contributed by atoms with Crippen molar-refractivity contribution in [3.63, 3.8) is 0 Å². The molecular formula is C16H22F2IN3. The van der Waals surface area contributed by atoms with Gasteiger partial charge in [-0.25, -0.2) is 8.78 Å². The highest BCUT2D eigenvalue weighted by Gasteiger charge is 2.50. The van der Waals surface area contributed by atoms with Crippen molar-refractivity contribution >= 4 is 35.6 Å².